The van der Waals surface area contributed by atoms with Gasteiger partial charge in [-0.05, 0) is 57.0 Å². The number of nitrogens with zero attached hydrogens (tertiary/aromatic N) is 3. The number of β-amino-alcohol motifs (C(OH)–C–C–N with tert-alkyl or cyclic N) is 1. The molecule has 4 aliphatic rings. The molecule has 2 aliphatic heterocycles. The van der Waals surface area contributed by atoms with Crippen LogP contribution in [0.3, 0.4) is 0 Å². The van der Waals surface area contributed by atoms with Gasteiger partial charge in [0, 0.05) is 44.8 Å². The lowest BCUT2D eigenvalue weighted by molar-refractivity contribution is 0.0345. The molecule has 2 saturated heterocycles. The van der Waals surface area contributed by atoms with Gasteiger partial charge in [0.15, 0.2) is 0 Å². The number of hydrogen-bond acceptors (Lipinski definition) is 4. The number of rotatable bonds is 4. The zero-order valence-electron chi connectivity index (χ0n) is 14.0. The third-order valence-electron chi connectivity index (χ3n) is 7.01. The maximum Gasteiger partial charge on any atom is 0.0558 e. The lowest BCUT2D eigenvalue weighted by atomic mass is 9.91. The first-order valence-electron chi connectivity index (χ1n) is 9.65. The van der Waals surface area contributed by atoms with Gasteiger partial charge in [0.2, 0.25) is 0 Å². The molecule has 4 heteroatoms. The van der Waals surface area contributed by atoms with Gasteiger partial charge in [0.05, 0.1) is 6.61 Å². The molecule has 0 aromatic heterocycles. The summed E-state index contributed by atoms with van der Waals surface area (Å²) in [4.78, 5) is 7.98. The zero-order chi connectivity index (χ0) is 14.9. The number of fused-ring (bicyclic) bond motifs is 2. The van der Waals surface area contributed by atoms with E-state index in [9.17, 15) is 0 Å². The van der Waals surface area contributed by atoms with Gasteiger partial charge in [0.25, 0.3) is 0 Å². The van der Waals surface area contributed by atoms with Gasteiger partial charge < -0.3 is 5.11 Å². The summed E-state index contributed by atoms with van der Waals surface area (Å²) in [5, 5.41) is 9.05. The summed E-state index contributed by atoms with van der Waals surface area (Å²) in [5.41, 5.74) is 0. The fourth-order valence-electron chi connectivity index (χ4n) is 5.73. The van der Waals surface area contributed by atoms with Crippen molar-refractivity contribution in [2.24, 2.45) is 11.8 Å². The summed E-state index contributed by atoms with van der Waals surface area (Å²) in [6, 6.07) is 1.77. The van der Waals surface area contributed by atoms with E-state index in [-0.39, 0.29) is 0 Å². The predicted octanol–water partition coefficient (Wildman–Crippen LogP) is 1.25. The van der Waals surface area contributed by atoms with E-state index in [4.69, 9.17) is 5.11 Å². The summed E-state index contributed by atoms with van der Waals surface area (Å²) in [6.45, 7) is 8.56. The third-order valence-corrected chi connectivity index (χ3v) is 7.01. The second kappa shape index (κ2) is 6.76. The van der Waals surface area contributed by atoms with Crippen LogP contribution in [0.25, 0.3) is 0 Å². The standard InChI is InChI=1S/C18H33N3O/c22-12-11-19-7-9-20(10-8-19)17-3-5-21(6-4-17)18-14-15-1-2-16(18)13-15/h15-18,22H,1-14H2/t15-,16-,18-/m1/s1. The van der Waals surface area contributed by atoms with Crippen LogP contribution < -0.4 is 0 Å². The van der Waals surface area contributed by atoms with Gasteiger partial charge in [-0.3, -0.25) is 14.7 Å². The summed E-state index contributed by atoms with van der Waals surface area (Å²) in [6.07, 6.45) is 8.85. The lowest BCUT2D eigenvalue weighted by Crippen LogP contribution is -2.54. The first-order chi connectivity index (χ1) is 10.8. The fourth-order valence-corrected chi connectivity index (χ4v) is 5.73. The molecule has 2 heterocycles. The fraction of sp³-hybridized carbons (Fsp3) is 1.00. The number of aliphatic hydroxyl groups excluding tert-OH is 1. The number of likely N-dealkylation sites (tertiary alicyclic amines) is 1. The van der Waals surface area contributed by atoms with E-state index in [1.165, 1.54) is 64.7 Å². The van der Waals surface area contributed by atoms with Gasteiger partial charge in [-0.2, -0.15) is 0 Å². The van der Waals surface area contributed by atoms with Gasteiger partial charge in [-0.25, -0.2) is 0 Å². The molecule has 0 aromatic rings. The predicted molar refractivity (Wildman–Crippen MR) is 88.9 cm³/mol. The number of piperidine rings is 1. The molecule has 2 saturated carbocycles. The van der Waals surface area contributed by atoms with E-state index in [1.807, 2.05) is 0 Å². The Bertz CT molecular complexity index is 361. The van der Waals surface area contributed by atoms with Crippen molar-refractivity contribution >= 4 is 0 Å². The van der Waals surface area contributed by atoms with Crippen LogP contribution in [0.1, 0.15) is 38.5 Å². The third kappa shape index (κ3) is 3.08. The highest BCUT2D eigenvalue weighted by molar-refractivity contribution is 4.97. The van der Waals surface area contributed by atoms with Gasteiger partial charge in [-0.1, -0.05) is 6.42 Å². The normalized spacial score (nSPS) is 38.9. The van der Waals surface area contributed by atoms with E-state index in [2.05, 4.69) is 14.7 Å². The summed E-state index contributed by atoms with van der Waals surface area (Å²) >= 11 is 0. The van der Waals surface area contributed by atoms with Crippen LogP contribution in [0.2, 0.25) is 0 Å². The van der Waals surface area contributed by atoms with Crippen LogP contribution in [0, 0.1) is 11.8 Å². The molecule has 2 aliphatic carbocycles. The molecule has 126 valence electrons. The minimum absolute atomic E-state index is 0.307. The van der Waals surface area contributed by atoms with Crippen molar-refractivity contribution in [3.05, 3.63) is 0 Å². The highest BCUT2D eigenvalue weighted by Gasteiger charge is 2.43. The molecule has 4 fully saturated rings. The molecule has 3 atom stereocenters. The molecule has 4 nitrogen and oxygen atoms in total. The highest BCUT2D eigenvalue weighted by Crippen LogP contribution is 2.47. The maximum absolute atomic E-state index is 9.05. The Kier molecular flexibility index (Phi) is 4.72. The average molecular weight is 307 g/mol. The van der Waals surface area contributed by atoms with Crippen LogP contribution in [0.5, 0.6) is 0 Å². The molecule has 0 unspecified atom stereocenters. The van der Waals surface area contributed by atoms with E-state index >= 15 is 0 Å². The SMILES string of the molecule is OCCN1CCN(C2CCN([C@@H]3C[C@@H]4CC[C@@H]3C4)CC2)CC1. The molecule has 2 bridgehead atoms. The monoisotopic (exact) mass is 307 g/mol. The quantitative estimate of drug-likeness (QED) is 0.847. The van der Waals surface area contributed by atoms with Gasteiger partial charge in [0.1, 0.15) is 0 Å². The topological polar surface area (TPSA) is 30.0 Å². The minimum atomic E-state index is 0.307. The Balaban J connectivity index is 1.23. The van der Waals surface area contributed by atoms with E-state index in [0.29, 0.717) is 6.61 Å². The van der Waals surface area contributed by atoms with Crippen molar-refractivity contribution in [2.75, 3.05) is 52.4 Å². The zero-order valence-corrected chi connectivity index (χ0v) is 14.0. The van der Waals surface area contributed by atoms with Crippen LogP contribution in [-0.4, -0.2) is 84.3 Å². The molecule has 0 radical (unpaired) electrons. The Hall–Kier alpha value is -0.160. The summed E-state index contributed by atoms with van der Waals surface area (Å²) in [7, 11) is 0. The van der Waals surface area contributed by atoms with Crippen molar-refractivity contribution in [3.63, 3.8) is 0 Å². The second-order valence-corrected chi connectivity index (χ2v) is 8.11. The molecule has 4 rings (SSSR count). The van der Waals surface area contributed by atoms with Crippen molar-refractivity contribution in [1.29, 1.82) is 0 Å². The first kappa shape index (κ1) is 15.4. The Morgan fingerprint density at radius 1 is 0.773 bits per heavy atom. The minimum Gasteiger partial charge on any atom is -0.395 e. The second-order valence-electron chi connectivity index (χ2n) is 8.11. The van der Waals surface area contributed by atoms with Gasteiger partial charge in [-0.15, -0.1) is 0 Å². The van der Waals surface area contributed by atoms with Crippen molar-refractivity contribution in [3.8, 4) is 0 Å². The number of aliphatic hydroxyl groups is 1. The maximum atomic E-state index is 9.05. The molecule has 0 amide bonds. The average Bonchev–Trinajstić information content (AvgIpc) is 3.19. The highest BCUT2D eigenvalue weighted by atomic mass is 16.3. The summed E-state index contributed by atoms with van der Waals surface area (Å²) < 4.78 is 0. The first-order valence-corrected chi connectivity index (χ1v) is 9.65. The number of hydrogen-bond donors (Lipinski definition) is 1. The van der Waals surface area contributed by atoms with Gasteiger partial charge >= 0.3 is 0 Å². The molecule has 0 spiro atoms. The van der Waals surface area contributed by atoms with Crippen molar-refractivity contribution in [1.82, 2.24) is 14.7 Å². The molecule has 0 aromatic carbocycles. The molecule has 22 heavy (non-hydrogen) atoms. The van der Waals surface area contributed by atoms with Crippen LogP contribution in [0.4, 0.5) is 0 Å². The molecular weight excluding hydrogens is 274 g/mol. The van der Waals surface area contributed by atoms with Crippen molar-refractivity contribution < 1.29 is 5.11 Å². The Labute approximate surface area is 135 Å². The lowest BCUT2D eigenvalue weighted by Gasteiger charge is -2.45. The Morgan fingerprint density at radius 3 is 2.14 bits per heavy atom. The largest absolute Gasteiger partial charge is 0.395 e. The van der Waals surface area contributed by atoms with E-state index in [0.717, 1.165) is 43.6 Å². The smallest absolute Gasteiger partial charge is 0.0558 e. The number of piperazine rings is 1. The Morgan fingerprint density at radius 2 is 1.55 bits per heavy atom. The summed E-state index contributed by atoms with van der Waals surface area (Å²) in [5.74, 6) is 2.12. The molecular formula is C18H33N3O. The van der Waals surface area contributed by atoms with E-state index < -0.39 is 0 Å². The molecule has 1 N–H and O–H groups in total. The van der Waals surface area contributed by atoms with Crippen molar-refractivity contribution in [2.45, 2.75) is 50.6 Å². The van der Waals surface area contributed by atoms with Crippen LogP contribution >= 0.6 is 0 Å². The van der Waals surface area contributed by atoms with Crippen LogP contribution in [0.15, 0.2) is 0 Å². The van der Waals surface area contributed by atoms with E-state index in [1.54, 1.807) is 0 Å². The van der Waals surface area contributed by atoms with Crippen LogP contribution in [-0.2, 0) is 0 Å².